The predicted molar refractivity (Wildman–Crippen MR) is 103 cm³/mol. The molecule has 154 valence electrons. The molecule has 1 aliphatic carbocycles. The van der Waals surface area contributed by atoms with Gasteiger partial charge in [-0.2, -0.15) is 0 Å². The second kappa shape index (κ2) is 8.73. The summed E-state index contributed by atoms with van der Waals surface area (Å²) in [6, 6.07) is 8.92. The van der Waals surface area contributed by atoms with Crippen molar-refractivity contribution < 1.29 is 29.4 Å². The second-order valence-electron chi connectivity index (χ2n) is 7.99. The first-order valence-corrected chi connectivity index (χ1v) is 9.47. The van der Waals surface area contributed by atoms with Crippen molar-refractivity contribution in [3.05, 3.63) is 35.9 Å². The molecule has 0 saturated heterocycles. The summed E-state index contributed by atoms with van der Waals surface area (Å²) < 4.78 is 10.8. The molecular weight excluding hydrogens is 362 g/mol. The third-order valence-electron chi connectivity index (χ3n) is 4.81. The van der Waals surface area contributed by atoms with E-state index >= 15 is 0 Å². The minimum absolute atomic E-state index is 0.0816. The van der Waals surface area contributed by atoms with Crippen LogP contribution >= 0.6 is 0 Å². The SMILES string of the molecule is CC(C)OC(=O)C1C(=NO)CC(C)(O)C(C(=O)OC(C)C)C1c1ccccc1. The Bertz CT molecular complexity index is 726. The highest BCUT2D eigenvalue weighted by Gasteiger charge is 2.56. The van der Waals surface area contributed by atoms with E-state index in [0.717, 1.165) is 0 Å². The van der Waals surface area contributed by atoms with Gasteiger partial charge >= 0.3 is 11.9 Å². The van der Waals surface area contributed by atoms with E-state index in [4.69, 9.17) is 9.47 Å². The monoisotopic (exact) mass is 391 g/mol. The summed E-state index contributed by atoms with van der Waals surface area (Å²) >= 11 is 0. The van der Waals surface area contributed by atoms with E-state index in [9.17, 15) is 19.9 Å². The Morgan fingerprint density at radius 3 is 2.11 bits per heavy atom. The zero-order valence-electron chi connectivity index (χ0n) is 17.0. The first-order valence-electron chi connectivity index (χ1n) is 9.47. The number of carbonyl (C=O) groups is 2. The standard InChI is InChI=1S/C21H29NO6/c1-12(2)27-19(23)17-15(22-26)11-21(5,25)18(20(24)28-13(3)4)16(17)14-9-7-6-8-10-14/h6-10,12-13,16-18,25-26H,11H2,1-5H3. The summed E-state index contributed by atoms with van der Waals surface area (Å²) in [7, 11) is 0. The molecule has 1 aromatic rings. The van der Waals surface area contributed by atoms with Crippen molar-refractivity contribution in [2.24, 2.45) is 17.0 Å². The van der Waals surface area contributed by atoms with Crippen LogP contribution in [-0.2, 0) is 19.1 Å². The number of aliphatic hydroxyl groups is 1. The first-order chi connectivity index (χ1) is 13.1. The largest absolute Gasteiger partial charge is 0.463 e. The van der Waals surface area contributed by atoms with Gasteiger partial charge < -0.3 is 19.8 Å². The number of benzene rings is 1. The highest BCUT2D eigenvalue weighted by molar-refractivity contribution is 6.05. The number of nitrogens with zero attached hydrogens (tertiary/aromatic N) is 1. The molecule has 2 N–H and O–H groups in total. The molecular formula is C21H29NO6. The van der Waals surface area contributed by atoms with Crippen molar-refractivity contribution in [1.82, 2.24) is 0 Å². The lowest BCUT2D eigenvalue weighted by molar-refractivity contribution is -0.167. The molecule has 0 spiro atoms. The fourth-order valence-electron chi connectivity index (χ4n) is 3.83. The number of ether oxygens (including phenoxy) is 2. The van der Waals surface area contributed by atoms with Crippen molar-refractivity contribution in [1.29, 1.82) is 0 Å². The van der Waals surface area contributed by atoms with Gasteiger partial charge in [0.15, 0.2) is 0 Å². The number of hydrogen-bond acceptors (Lipinski definition) is 7. The van der Waals surface area contributed by atoms with Gasteiger partial charge in [-0.3, -0.25) is 9.59 Å². The molecule has 0 heterocycles. The minimum Gasteiger partial charge on any atom is -0.463 e. The maximum atomic E-state index is 13.0. The zero-order valence-corrected chi connectivity index (χ0v) is 17.0. The normalized spacial score (nSPS) is 29.1. The predicted octanol–water partition coefficient (Wildman–Crippen LogP) is 2.89. The van der Waals surface area contributed by atoms with Crippen LogP contribution in [0.1, 0.15) is 52.5 Å². The summed E-state index contributed by atoms with van der Waals surface area (Å²) in [4.78, 5) is 25.9. The minimum atomic E-state index is -1.57. The van der Waals surface area contributed by atoms with Crippen molar-refractivity contribution in [2.45, 2.75) is 64.8 Å². The quantitative estimate of drug-likeness (QED) is 0.454. The zero-order chi connectivity index (χ0) is 21.1. The summed E-state index contributed by atoms with van der Waals surface area (Å²) in [5, 5.41) is 23.9. The van der Waals surface area contributed by atoms with E-state index in [2.05, 4.69) is 5.16 Å². The Balaban J connectivity index is 2.63. The summed E-state index contributed by atoms with van der Waals surface area (Å²) in [5.74, 6) is -4.05. The molecule has 7 nitrogen and oxygen atoms in total. The molecule has 28 heavy (non-hydrogen) atoms. The van der Waals surface area contributed by atoms with Gasteiger partial charge in [0.2, 0.25) is 0 Å². The van der Waals surface area contributed by atoms with Crippen molar-refractivity contribution in [3.8, 4) is 0 Å². The van der Waals surface area contributed by atoms with E-state index < -0.39 is 35.3 Å². The number of esters is 2. The lowest BCUT2D eigenvalue weighted by atomic mass is 9.61. The lowest BCUT2D eigenvalue weighted by Crippen LogP contribution is -2.55. The molecule has 0 bridgehead atoms. The van der Waals surface area contributed by atoms with Crippen LogP contribution in [0.2, 0.25) is 0 Å². The van der Waals surface area contributed by atoms with Gasteiger partial charge in [-0.15, -0.1) is 0 Å². The van der Waals surface area contributed by atoms with E-state index in [0.29, 0.717) is 5.56 Å². The van der Waals surface area contributed by atoms with Crippen LogP contribution in [0.4, 0.5) is 0 Å². The van der Waals surface area contributed by atoms with Crippen molar-refractivity contribution >= 4 is 17.7 Å². The topological polar surface area (TPSA) is 105 Å². The number of oxime groups is 1. The van der Waals surface area contributed by atoms with Crippen LogP contribution in [0.5, 0.6) is 0 Å². The Labute approximate surface area is 165 Å². The van der Waals surface area contributed by atoms with Crippen LogP contribution in [0, 0.1) is 11.8 Å². The maximum absolute atomic E-state index is 13.0. The van der Waals surface area contributed by atoms with Gasteiger partial charge in [0.25, 0.3) is 0 Å². The van der Waals surface area contributed by atoms with Crippen molar-refractivity contribution in [2.75, 3.05) is 0 Å². The second-order valence-corrected chi connectivity index (χ2v) is 7.99. The van der Waals surface area contributed by atoms with Gasteiger partial charge in [-0.25, -0.2) is 0 Å². The highest BCUT2D eigenvalue weighted by atomic mass is 16.5. The molecule has 0 amide bonds. The number of rotatable bonds is 5. The summed E-state index contributed by atoms with van der Waals surface area (Å²) in [6.45, 7) is 8.36. The molecule has 4 unspecified atom stereocenters. The molecule has 0 aromatic heterocycles. The Kier molecular flexibility index (Phi) is 6.82. The van der Waals surface area contributed by atoms with Gasteiger partial charge in [0.05, 0.1) is 29.4 Å². The van der Waals surface area contributed by atoms with E-state index in [1.165, 1.54) is 6.92 Å². The Morgan fingerprint density at radius 1 is 1.07 bits per heavy atom. The van der Waals surface area contributed by atoms with E-state index in [1.807, 2.05) is 6.07 Å². The van der Waals surface area contributed by atoms with Crippen LogP contribution in [0.15, 0.2) is 35.5 Å². The fourth-order valence-corrected chi connectivity index (χ4v) is 3.83. The molecule has 1 aromatic carbocycles. The third-order valence-corrected chi connectivity index (χ3v) is 4.81. The van der Waals surface area contributed by atoms with Crippen molar-refractivity contribution in [3.63, 3.8) is 0 Å². The first kappa shape index (κ1) is 21.9. The fraction of sp³-hybridized carbons (Fsp3) is 0.571. The van der Waals surface area contributed by atoms with Gasteiger partial charge in [0, 0.05) is 12.3 Å². The molecule has 2 rings (SSSR count). The average molecular weight is 391 g/mol. The Morgan fingerprint density at radius 2 is 1.61 bits per heavy atom. The number of hydrogen-bond donors (Lipinski definition) is 2. The molecule has 7 heteroatoms. The van der Waals surface area contributed by atoms with Crippen LogP contribution < -0.4 is 0 Å². The van der Waals surface area contributed by atoms with Crippen LogP contribution in [0.3, 0.4) is 0 Å². The van der Waals surface area contributed by atoms with E-state index in [1.54, 1.807) is 52.0 Å². The lowest BCUT2D eigenvalue weighted by Gasteiger charge is -2.45. The van der Waals surface area contributed by atoms with Crippen LogP contribution in [0.25, 0.3) is 0 Å². The molecule has 0 radical (unpaired) electrons. The highest BCUT2D eigenvalue weighted by Crippen LogP contribution is 2.47. The summed E-state index contributed by atoms with van der Waals surface area (Å²) in [5.41, 5.74) is -0.832. The third kappa shape index (κ3) is 4.70. The molecule has 4 atom stereocenters. The molecule has 1 saturated carbocycles. The van der Waals surface area contributed by atoms with Crippen LogP contribution in [-0.4, -0.2) is 45.8 Å². The molecule has 1 fully saturated rings. The molecule has 1 aliphatic rings. The Hall–Kier alpha value is -2.41. The summed E-state index contributed by atoms with van der Waals surface area (Å²) in [6.07, 6.45) is -0.913. The average Bonchev–Trinajstić information content (AvgIpc) is 2.59. The smallest absolute Gasteiger partial charge is 0.315 e. The van der Waals surface area contributed by atoms with Gasteiger partial charge in [-0.05, 0) is 40.2 Å². The van der Waals surface area contributed by atoms with Gasteiger partial charge in [0.1, 0.15) is 5.92 Å². The number of carbonyl (C=O) groups excluding carboxylic acids is 2. The maximum Gasteiger partial charge on any atom is 0.315 e. The van der Waals surface area contributed by atoms with E-state index in [-0.39, 0.29) is 24.3 Å². The molecule has 0 aliphatic heterocycles. The van der Waals surface area contributed by atoms with Gasteiger partial charge in [-0.1, -0.05) is 35.5 Å².